The molecule has 2 aliphatic rings. The van der Waals surface area contributed by atoms with E-state index >= 15 is 0 Å². The Hall–Kier alpha value is -3.50. The molecule has 40 heavy (non-hydrogen) atoms. The van der Waals surface area contributed by atoms with Crippen LogP contribution in [0.1, 0.15) is 44.1 Å². The maximum atomic E-state index is 13.5. The first kappa shape index (κ1) is 29.5. The Morgan fingerprint density at radius 1 is 1.10 bits per heavy atom. The van der Waals surface area contributed by atoms with Gasteiger partial charge in [0.1, 0.15) is 0 Å². The predicted molar refractivity (Wildman–Crippen MR) is 150 cm³/mol. The SMILES string of the molecule is CCCCN(CCCN)C(=O)CN1C[C@H](c2ccc3c(c2)OCO3)[C@@H](C(=O)O)[C@@H]1CCOc1ccccc1OC. The van der Waals surface area contributed by atoms with Crippen molar-refractivity contribution in [3.05, 3.63) is 48.0 Å². The van der Waals surface area contributed by atoms with Crippen molar-refractivity contribution in [3.8, 4) is 23.0 Å². The van der Waals surface area contributed by atoms with Gasteiger partial charge in [-0.3, -0.25) is 14.5 Å². The number of rotatable bonds is 15. The van der Waals surface area contributed by atoms with Crippen LogP contribution >= 0.6 is 0 Å². The molecule has 10 heteroatoms. The highest BCUT2D eigenvalue weighted by atomic mass is 16.7. The van der Waals surface area contributed by atoms with Crippen LogP contribution in [0, 0.1) is 5.92 Å². The third kappa shape index (κ3) is 6.98. The lowest BCUT2D eigenvalue weighted by atomic mass is 9.84. The number of nitrogens with two attached hydrogens (primary N) is 1. The van der Waals surface area contributed by atoms with Gasteiger partial charge in [-0.2, -0.15) is 0 Å². The molecule has 0 aliphatic carbocycles. The standard InChI is InChI=1S/C30H41N3O7/c1-3-4-14-32(15-7-13-31)28(34)19-33-18-22(21-10-11-26-27(17-21)40-20-39-26)29(30(35)36)23(33)12-16-38-25-9-6-5-8-24(25)37-2/h5-6,8-11,17,22-23,29H,3-4,7,12-16,18-20,31H2,1-2H3,(H,35,36)/t22-,23+,29-/m1/s1. The van der Waals surface area contributed by atoms with E-state index in [0.29, 0.717) is 55.6 Å². The first-order valence-electron chi connectivity index (χ1n) is 14.1. The highest BCUT2D eigenvalue weighted by Crippen LogP contribution is 2.43. The molecule has 2 heterocycles. The Bertz CT molecular complexity index is 1140. The molecule has 2 aromatic carbocycles. The molecule has 1 amide bonds. The maximum absolute atomic E-state index is 13.5. The van der Waals surface area contributed by atoms with Crippen LogP contribution in [0.2, 0.25) is 0 Å². The Morgan fingerprint density at radius 2 is 1.85 bits per heavy atom. The summed E-state index contributed by atoms with van der Waals surface area (Å²) < 4.78 is 22.5. The number of nitrogens with zero attached hydrogens (tertiary/aromatic N) is 2. The fourth-order valence-electron chi connectivity index (χ4n) is 5.63. The van der Waals surface area contributed by atoms with Crippen molar-refractivity contribution in [1.82, 2.24) is 9.80 Å². The number of benzene rings is 2. The number of carbonyl (C=O) groups excluding carboxylic acids is 1. The summed E-state index contributed by atoms with van der Waals surface area (Å²) in [6.07, 6.45) is 3.04. The molecule has 0 saturated carbocycles. The number of amides is 1. The molecule has 0 unspecified atom stereocenters. The Morgan fingerprint density at radius 3 is 2.58 bits per heavy atom. The quantitative estimate of drug-likeness (QED) is 0.341. The number of carboxylic acid groups (broad SMARTS) is 1. The van der Waals surface area contributed by atoms with Gasteiger partial charge in [-0.05, 0) is 55.6 Å². The Labute approximate surface area is 235 Å². The monoisotopic (exact) mass is 555 g/mol. The number of fused-ring (bicyclic) bond motifs is 1. The van der Waals surface area contributed by atoms with E-state index < -0.39 is 17.9 Å². The summed E-state index contributed by atoms with van der Waals surface area (Å²) in [5, 5.41) is 10.4. The van der Waals surface area contributed by atoms with Gasteiger partial charge in [0.2, 0.25) is 12.7 Å². The number of unbranched alkanes of at least 4 members (excludes halogenated alkanes) is 1. The smallest absolute Gasteiger partial charge is 0.308 e. The molecule has 1 fully saturated rings. The number of aliphatic carboxylic acids is 1. The third-order valence-electron chi connectivity index (χ3n) is 7.70. The minimum absolute atomic E-state index is 0.00646. The van der Waals surface area contributed by atoms with E-state index in [1.54, 1.807) is 7.11 Å². The summed E-state index contributed by atoms with van der Waals surface area (Å²) in [6.45, 7) is 4.86. The first-order valence-corrected chi connectivity index (χ1v) is 14.1. The van der Waals surface area contributed by atoms with Gasteiger partial charge >= 0.3 is 5.97 Å². The zero-order valence-corrected chi connectivity index (χ0v) is 23.4. The van der Waals surface area contributed by atoms with Crippen LogP contribution in [0.3, 0.4) is 0 Å². The summed E-state index contributed by atoms with van der Waals surface area (Å²) >= 11 is 0. The van der Waals surface area contributed by atoms with Crippen LogP contribution in [0.25, 0.3) is 0 Å². The van der Waals surface area contributed by atoms with Gasteiger partial charge in [-0.1, -0.05) is 31.5 Å². The molecule has 0 spiro atoms. The van der Waals surface area contributed by atoms with Gasteiger partial charge < -0.3 is 34.7 Å². The molecule has 0 radical (unpaired) electrons. The molecule has 4 rings (SSSR count). The lowest BCUT2D eigenvalue weighted by Crippen LogP contribution is -2.45. The second-order valence-corrected chi connectivity index (χ2v) is 10.2. The van der Waals surface area contributed by atoms with Crippen molar-refractivity contribution < 1.29 is 33.6 Å². The largest absolute Gasteiger partial charge is 0.493 e. The summed E-state index contributed by atoms with van der Waals surface area (Å²) in [6, 6.07) is 12.5. The zero-order valence-electron chi connectivity index (χ0n) is 23.4. The highest BCUT2D eigenvalue weighted by molar-refractivity contribution is 5.79. The number of carboxylic acids is 1. The first-order chi connectivity index (χ1) is 19.5. The summed E-state index contributed by atoms with van der Waals surface area (Å²) in [5.74, 6) is 0.497. The molecular weight excluding hydrogens is 514 g/mol. The Balaban J connectivity index is 1.57. The van der Waals surface area contributed by atoms with Gasteiger partial charge in [0, 0.05) is 31.6 Å². The van der Waals surface area contributed by atoms with Crippen molar-refractivity contribution in [2.75, 3.05) is 53.2 Å². The molecular formula is C30H41N3O7. The number of hydrogen-bond acceptors (Lipinski definition) is 8. The number of carbonyl (C=O) groups is 2. The topological polar surface area (TPSA) is 124 Å². The van der Waals surface area contributed by atoms with E-state index in [0.717, 1.165) is 24.8 Å². The van der Waals surface area contributed by atoms with Gasteiger partial charge in [0.25, 0.3) is 0 Å². The van der Waals surface area contributed by atoms with E-state index in [2.05, 4.69) is 6.92 Å². The Kier molecular flexibility index (Phi) is 10.5. The average molecular weight is 556 g/mol. The van der Waals surface area contributed by atoms with Crippen molar-refractivity contribution >= 4 is 11.9 Å². The van der Waals surface area contributed by atoms with Crippen LogP contribution in [-0.4, -0.2) is 86.1 Å². The van der Waals surface area contributed by atoms with Crippen LogP contribution in [-0.2, 0) is 9.59 Å². The fraction of sp³-hybridized carbons (Fsp3) is 0.533. The van der Waals surface area contributed by atoms with E-state index in [9.17, 15) is 14.7 Å². The van der Waals surface area contributed by atoms with Crippen LogP contribution in [0.5, 0.6) is 23.0 Å². The third-order valence-corrected chi connectivity index (χ3v) is 7.70. The summed E-state index contributed by atoms with van der Waals surface area (Å²) in [7, 11) is 1.58. The molecule has 2 aliphatic heterocycles. The van der Waals surface area contributed by atoms with Gasteiger partial charge in [0.05, 0.1) is 26.2 Å². The van der Waals surface area contributed by atoms with E-state index in [1.807, 2.05) is 52.3 Å². The maximum Gasteiger partial charge on any atom is 0.308 e. The number of para-hydroxylation sites is 2. The van der Waals surface area contributed by atoms with Crippen molar-refractivity contribution in [2.45, 2.75) is 44.6 Å². The van der Waals surface area contributed by atoms with Crippen LogP contribution < -0.4 is 24.7 Å². The second-order valence-electron chi connectivity index (χ2n) is 10.2. The zero-order chi connectivity index (χ0) is 28.5. The van der Waals surface area contributed by atoms with Crippen molar-refractivity contribution in [2.24, 2.45) is 11.7 Å². The minimum Gasteiger partial charge on any atom is -0.493 e. The normalized spacial score (nSPS) is 19.9. The van der Waals surface area contributed by atoms with Crippen molar-refractivity contribution in [1.29, 1.82) is 0 Å². The number of likely N-dealkylation sites (tertiary alicyclic amines) is 1. The average Bonchev–Trinajstić information content (AvgIpc) is 3.57. The van der Waals surface area contributed by atoms with Gasteiger partial charge in [-0.15, -0.1) is 0 Å². The summed E-state index contributed by atoms with van der Waals surface area (Å²) in [5.41, 5.74) is 6.59. The van der Waals surface area contributed by atoms with E-state index in [1.165, 1.54) is 0 Å². The minimum atomic E-state index is -0.897. The van der Waals surface area contributed by atoms with Gasteiger partial charge in [0.15, 0.2) is 23.0 Å². The lowest BCUT2D eigenvalue weighted by Gasteiger charge is -2.29. The molecule has 2 aromatic rings. The van der Waals surface area contributed by atoms with Crippen LogP contribution in [0.4, 0.5) is 0 Å². The molecule has 0 bridgehead atoms. The highest BCUT2D eigenvalue weighted by Gasteiger charge is 2.47. The molecule has 10 nitrogen and oxygen atoms in total. The van der Waals surface area contributed by atoms with Crippen molar-refractivity contribution in [3.63, 3.8) is 0 Å². The van der Waals surface area contributed by atoms with E-state index in [-0.39, 0.29) is 31.8 Å². The molecule has 218 valence electrons. The van der Waals surface area contributed by atoms with E-state index in [4.69, 9.17) is 24.7 Å². The number of hydrogen-bond donors (Lipinski definition) is 2. The molecule has 0 aromatic heterocycles. The fourth-order valence-corrected chi connectivity index (χ4v) is 5.63. The summed E-state index contributed by atoms with van der Waals surface area (Å²) in [4.78, 5) is 30.2. The number of methoxy groups -OCH3 is 1. The van der Waals surface area contributed by atoms with Crippen LogP contribution in [0.15, 0.2) is 42.5 Å². The number of ether oxygens (including phenoxy) is 4. The molecule has 3 N–H and O–H groups in total. The predicted octanol–water partition coefficient (Wildman–Crippen LogP) is 3.34. The lowest BCUT2D eigenvalue weighted by molar-refractivity contribution is -0.144. The second kappa shape index (κ2) is 14.2. The van der Waals surface area contributed by atoms with Gasteiger partial charge in [-0.25, -0.2) is 0 Å². The molecule has 3 atom stereocenters. The molecule has 1 saturated heterocycles.